The van der Waals surface area contributed by atoms with Gasteiger partial charge >= 0.3 is 0 Å². The van der Waals surface area contributed by atoms with Gasteiger partial charge in [0.25, 0.3) is 0 Å². The van der Waals surface area contributed by atoms with Crippen molar-refractivity contribution in [3.63, 3.8) is 0 Å². The van der Waals surface area contributed by atoms with Crippen molar-refractivity contribution in [2.45, 2.75) is 20.4 Å². The second-order valence-electron chi connectivity index (χ2n) is 4.43. The molecule has 2 aromatic heterocycles. The molecule has 0 aliphatic rings. The van der Waals surface area contributed by atoms with E-state index < -0.39 is 0 Å². The van der Waals surface area contributed by atoms with Crippen LogP contribution in [0.5, 0.6) is 0 Å². The van der Waals surface area contributed by atoms with Gasteiger partial charge in [0.05, 0.1) is 11.7 Å². The van der Waals surface area contributed by atoms with Crippen LogP contribution in [0.4, 0.5) is 5.69 Å². The molecule has 92 valence electrons. The molecule has 4 heteroatoms. The number of aromatic nitrogens is 2. The summed E-state index contributed by atoms with van der Waals surface area (Å²) in [4.78, 5) is 2.75. The molecule has 0 amide bonds. The van der Waals surface area contributed by atoms with E-state index >= 15 is 0 Å². The van der Waals surface area contributed by atoms with E-state index in [1.54, 1.807) is 0 Å². The summed E-state index contributed by atoms with van der Waals surface area (Å²) in [7, 11) is 0. The molecule has 3 aromatic rings. The van der Waals surface area contributed by atoms with E-state index in [4.69, 9.17) is 0 Å². The predicted octanol–water partition coefficient (Wildman–Crippen LogP) is 3.85. The number of nitrogens with one attached hydrogen (secondary N) is 2. The van der Waals surface area contributed by atoms with Crippen LogP contribution in [-0.4, -0.2) is 10.2 Å². The van der Waals surface area contributed by atoms with E-state index in [1.165, 1.54) is 15.3 Å². The predicted molar refractivity (Wildman–Crippen MR) is 77.2 cm³/mol. The van der Waals surface area contributed by atoms with E-state index in [-0.39, 0.29) is 0 Å². The first kappa shape index (κ1) is 11.3. The molecule has 3 nitrogen and oxygen atoms in total. The molecule has 0 saturated carbocycles. The quantitative estimate of drug-likeness (QED) is 0.748. The highest BCUT2D eigenvalue weighted by atomic mass is 32.1. The number of aromatic amines is 1. The van der Waals surface area contributed by atoms with Crippen LogP contribution >= 0.6 is 11.3 Å². The topological polar surface area (TPSA) is 40.7 Å². The maximum Gasteiger partial charge on any atom is 0.0671 e. The first-order valence-electron chi connectivity index (χ1n) is 5.96. The molecule has 0 unspecified atom stereocenters. The van der Waals surface area contributed by atoms with Crippen LogP contribution in [0.1, 0.15) is 15.3 Å². The van der Waals surface area contributed by atoms with Crippen molar-refractivity contribution in [2.75, 3.05) is 5.32 Å². The Morgan fingerprint density at radius 2 is 2.22 bits per heavy atom. The molecule has 2 N–H and O–H groups in total. The van der Waals surface area contributed by atoms with Gasteiger partial charge in [-0.25, -0.2) is 0 Å². The first-order valence-corrected chi connectivity index (χ1v) is 6.77. The highest BCUT2D eigenvalue weighted by Crippen LogP contribution is 2.24. The van der Waals surface area contributed by atoms with E-state index in [0.29, 0.717) is 0 Å². The minimum absolute atomic E-state index is 0.862. The first-order chi connectivity index (χ1) is 8.74. The average molecular weight is 257 g/mol. The molecular formula is C14H15N3S. The lowest BCUT2D eigenvalue weighted by atomic mass is 10.2. The number of hydrogen-bond acceptors (Lipinski definition) is 3. The van der Waals surface area contributed by atoms with Crippen LogP contribution in [0.15, 0.2) is 30.5 Å². The van der Waals surface area contributed by atoms with Gasteiger partial charge in [0.1, 0.15) is 0 Å². The van der Waals surface area contributed by atoms with E-state index in [9.17, 15) is 0 Å². The monoisotopic (exact) mass is 257 g/mol. The van der Waals surface area contributed by atoms with Crippen LogP contribution in [0.3, 0.4) is 0 Å². The molecule has 0 radical (unpaired) electrons. The van der Waals surface area contributed by atoms with Crippen LogP contribution in [-0.2, 0) is 6.54 Å². The van der Waals surface area contributed by atoms with Crippen LogP contribution in [0, 0.1) is 13.8 Å². The number of benzene rings is 1. The normalized spacial score (nSPS) is 11.0. The molecular weight excluding hydrogens is 242 g/mol. The zero-order chi connectivity index (χ0) is 12.5. The van der Waals surface area contributed by atoms with Gasteiger partial charge in [0.15, 0.2) is 0 Å². The van der Waals surface area contributed by atoms with Gasteiger partial charge in [0.2, 0.25) is 0 Å². The van der Waals surface area contributed by atoms with Crippen molar-refractivity contribution in [1.82, 2.24) is 10.2 Å². The second kappa shape index (κ2) is 4.46. The van der Waals surface area contributed by atoms with E-state index in [1.807, 2.05) is 29.7 Å². The van der Waals surface area contributed by atoms with Crippen molar-refractivity contribution in [3.8, 4) is 0 Å². The molecule has 1 aromatic carbocycles. The summed E-state index contributed by atoms with van der Waals surface area (Å²) in [5, 5.41) is 11.7. The number of H-pyrrole nitrogens is 1. The number of anilines is 1. The number of nitrogens with zero attached hydrogens (tertiary/aromatic N) is 1. The lowest BCUT2D eigenvalue weighted by molar-refractivity contribution is 1.12. The molecule has 0 aliphatic carbocycles. The van der Waals surface area contributed by atoms with Gasteiger partial charge in [-0.05, 0) is 37.6 Å². The van der Waals surface area contributed by atoms with E-state index in [0.717, 1.165) is 23.1 Å². The molecule has 18 heavy (non-hydrogen) atoms. The van der Waals surface area contributed by atoms with Gasteiger partial charge in [0, 0.05) is 27.4 Å². The summed E-state index contributed by atoms with van der Waals surface area (Å²) in [6, 6.07) is 8.41. The van der Waals surface area contributed by atoms with Gasteiger partial charge in [-0.3, -0.25) is 5.10 Å². The Kier molecular flexibility index (Phi) is 2.80. The van der Waals surface area contributed by atoms with Gasteiger partial charge < -0.3 is 5.32 Å². The summed E-state index contributed by atoms with van der Waals surface area (Å²) in [6.07, 6.45) is 1.86. The summed E-state index contributed by atoms with van der Waals surface area (Å²) >= 11 is 1.85. The number of fused-ring (bicyclic) bond motifs is 1. The van der Waals surface area contributed by atoms with Crippen LogP contribution in [0.25, 0.3) is 10.9 Å². The lowest BCUT2D eigenvalue weighted by Gasteiger charge is -2.07. The third kappa shape index (κ3) is 1.99. The number of thiophene rings is 1. The third-order valence-electron chi connectivity index (χ3n) is 3.10. The third-order valence-corrected chi connectivity index (χ3v) is 4.11. The average Bonchev–Trinajstić information content (AvgIpc) is 2.93. The van der Waals surface area contributed by atoms with Crippen molar-refractivity contribution >= 4 is 27.9 Å². The van der Waals surface area contributed by atoms with Gasteiger partial charge in [-0.2, -0.15) is 5.10 Å². The molecule has 0 fully saturated rings. The zero-order valence-electron chi connectivity index (χ0n) is 10.4. The fourth-order valence-electron chi connectivity index (χ4n) is 2.17. The maximum atomic E-state index is 4.08. The Morgan fingerprint density at radius 1 is 1.33 bits per heavy atom. The minimum atomic E-state index is 0.862. The van der Waals surface area contributed by atoms with Crippen molar-refractivity contribution in [2.24, 2.45) is 0 Å². The Bertz CT molecular complexity index is 681. The largest absolute Gasteiger partial charge is 0.380 e. The number of aryl methyl sites for hydroxylation is 2. The minimum Gasteiger partial charge on any atom is -0.380 e. The molecule has 0 atom stereocenters. The Hall–Kier alpha value is -1.81. The van der Waals surface area contributed by atoms with E-state index in [2.05, 4.69) is 41.5 Å². The summed E-state index contributed by atoms with van der Waals surface area (Å²) < 4.78 is 0. The van der Waals surface area contributed by atoms with Gasteiger partial charge in [-0.15, -0.1) is 11.3 Å². The van der Waals surface area contributed by atoms with Crippen molar-refractivity contribution in [1.29, 1.82) is 0 Å². The highest BCUT2D eigenvalue weighted by Gasteiger charge is 2.05. The smallest absolute Gasteiger partial charge is 0.0671 e. The molecule has 0 bridgehead atoms. The van der Waals surface area contributed by atoms with Crippen LogP contribution in [0.2, 0.25) is 0 Å². The summed E-state index contributed by atoms with van der Waals surface area (Å²) in [5.74, 6) is 0. The standard InChI is InChI=1S/C14H15N3S/c1-9-6-11(10(2)18-9)7-15-13-4-3-5-14-12(13)8-16-17-14/h3-6,8,15H,7H2,1-2H3,(H,16,17). The number of rotatable bonds is 3. The van der Waals surface area contributed by atoms with Crippen LogP contribution < -0.4 is 5.32 Å². The molecule has 3 rings (SSSR count). The fourth-order valence-corrected chi connectivity index (χ4v) is 3.12. The summed E-state index contributed by atoms with van der Waals surface area (Å²) in [6.45, 7) is 5.19. The molecule has 2 heterocycles. The Morgan fingerprint density at radius 3 is 3.00 bits per heavy atom. The fraction of sp³-hybridized carbons (Fsp3) is 0.214. The molecule has 0 aliphatic heterocycles. The molecule has 0 spiro atoms. The SMILES string of the molecule is Cc1cc(CNc2cccc3[nH]ncc23)c(C)s1. The molecule has 0 saturated heterocycles. The Balaban J connectivity index is 1.85. The zero-order valence-corrected chi connectivity index (χ0v) is 11.3. The summed E-state index contributed by atoms with van der Waals surface area (Å²) in [5.41, 5.74) is 3.57. The second-order valence-corrected chi connectivity index (χ2v) is 5.89. The Labute approximate surface area is 110 Å². The van der Waals surface area contributed by atoms with Crippen molar-refractivity contribution < 1.29 is 0 Å². The maximum absolute atomic E-state index is 4.08. The lowest BCUT2D eigenvalue weighted by Crippen LogP contribution is -1.99. The highest BCUT2D eigenvalue weighted by molar-refractivity contribution is 7.12. The number of hydrogen-bond donors (Lipinski definition) is 2. The van der Waals surface area contributed by atoms with Crippen molar-refractivity contribution in [3.05, 3.63) is 45.8 Å². The van der Waals surface area contributed by atoms with Gasteiger partial charge in [-0.1, -0.05) is 6.07 Å².